The molecule has 0 heterocycles. The Labute approximate surface area is 182 Å². The number of halogens is 1. The van der Waals surface area contributed by atoms with Gasteiger partial charge in [0.15, 0.2) is 11.5 Å². The molecule has 2 aromatic rings. The number of carbonyl (C=O) groups is 1. The first kappa shape index (κ1) is 24.4. The number of hydrogen-bond donors (Lipinski definition) is 1. The van der Waals surface area contributed by atoms with E-state index >= 15 is 0 Å². The molecule has 10 heteroatoms. The number of rotatable bonds is 10. The van der Waals surface area contributed by atoms with Crippen LogP contribution in [-0.2, 0) is 21.4 Å². The number of benzene rings is 2. The van der Waals surface area contributed by atoms with E-state index in [1.54, 1.807) is 19.2 Å². The van der Waals surface area contributed by atoms with E-state index in [1.807, 2.05) is 0 Å². The fourth-order valence-corrected chi connectivity index (χ4v) is 3.84. The topological polar surface area (TPSA) is 94.2 Å². The average Bonchev–Trinajstić information content (AvgIpc) is 2.71. The summed E-state index contributed by atoms with van der Waals surface area (Å²) in [5.74, 6) is 0.602. The first-order valence-electron chi connectivity index (χ1n) is 9.33. The molecule has 0 aliphatic heterocycles. The maximum absolute atomic E-state index is 13.3. The van der Waals surface area contributed by atoms with Crippen molar-refractivity contribution in [2.75, 3.05) is 34.6 Å². The van der Waals surface area contributed by atoms with Crippen molar-refractivity contribution < 1.29 is 31.8 Å². The van der Waals surface area contributed by atoms with Gasteiger partial charge in [0.25, 0.3) is 0 Å². The van der Waals surface area contributed by atoms with Gasteiger partial charge in [0.1, 0.15) is 5.82 Å². The van der Waals surface area contributed by atoms with Gasteiger partial charge in [0, 0.05) is 20.0 Å². The standard InChI is InChI=1S/C21H27FN2O6S/c1-24(13-14-10-18(28-2)21(30-4)19(11-14)29-3)20(25)12-17(23-31(5,26)27)15-6-8-16(22)9-7-15/h6-11,17,23H,12-13H2,1-5H3/t17-/m1/s1. The third-order valence-electron chi connectivity index (χ3n) is 4.58. The van der Waals surface area contributed by atoms with Gasteiger partial charge in [0.05, 0.1) is 33.6 Å². The van der Waals surface area contributed by atoms with Crippen molar-refractivity contribution in [2.24, 2.45) is 0 Å². The first-order valence-corrected chi connectivity index (χ1v) is 11.2. The van der Waals surface area contributed by atoms with Crippen LogP contribution in [0, 0.1) is 5.82 Å². The molecule has 2 aromatic carbocycles. The summed E-state index contributed by atoms with van der Waals surface area (Å²) >= 11 is 0. The van der Waals surface area contributed by atoms with Gasteiger partial charge < -0.3 is 19.1 Å². The largest absolute Gasteiger partial charge is 0.493 e. The molecule has 1 amide bonds. The number of nitrogens with zero attached hydrogens (tertiary/aromatic N) is 1. The number of sulfonamides is 1. The second-order valence-corrected chi connectivity index (χ2v) is 8.76. The lowest BCUT2D eigenvalue weighted by molar-refractivity contribution is -0.130. The summed E-state index contributed by atoms with van der Waals surface area (Å²) in [5, 5.41) is 0. The molecule has 0 saturated heterocycles. The second-order valence-electron chi connectivity index (χ2n) is 6.98. The van der Waals surface area contributed by atoms with Gasteiger partial charge in [-0.15, -0.1) is 0 Å². The smallest absolute Gasteiger partial charge is 0.224 e. The fraction of sp³-hybridized carbons (Fsp3) is 0.381. The monoisotopic (exact) mass is 454 g/mol. The van der Waals surface area contributed by atoms with Crippen molar-refractivity contribution in [2.45, 2.75) is 19.0 Å². The summed E-state index contributed by atoms with van der Waals surface area (Å²) in [6.07, 6.45) is 0.868. The molecule has 0 radical (unpaired) electrons. The highest BCUT2D eigenvalue weighted by atomic mass is 32.2. The van der Waals surface area contributed by atoms with Crippen LogP contribution in [0.3, 0.4) is 0 Å². The van der Waals surface area contributed by atoms with E-state index in [-0.39, 0.29) is 18.9 Å². The van der Waals surface area contributed by atoms with Gasteiger partial charge >= 0.3 is 0 Å². The van der Waals surface area contributed by atoms with Crippen LogP contribution in [0.1, 0.15) is 23.6 Å². The Hall–Kier alpha value is -2.85. The van der Waals surface area contributed by atoms with Crippen LogP contribution in [0.5, 0.6) is 17.2 Å². The first-order chi connectivity index (χ1) is 14.6. The Morgan fingerprint density at radius 2 is 1.61 bits per heavy atom. The van der Waals surface area contributed by atoms with E-state index in [4.69, 9.17) is 14.2 Å². The zero-order chi connectivity index (χ0) is 23.2. The quantitative estimate of drug-likeness (QED) is 0.593. The molecule has 0 aliphatic rings. The highest BCUT2D eigenvalue weighted by Gasteiger charge is 2.23. The van der Waals surface area contributed by atoms with Gasteiger partial charge in [-0.3, -0.25) is 4.79 Å². The lowest BCUT2D eigenvalue weighted by atomic mass is 10.0. The zero-order valence-corrected chi connectivity index (χ0v) is 19.0. The van der Waals surface area contributed by atoms with Crippen molar-refractivity contribution in [3.8, 4) is 17.2 Å². The molecule has 170 valence electrons. The molecule has 2 rings (SSSR count). The van der Waals surface area contributed by atoms with Crippen molar-refractivity contribution in [1.82, 2.24) is 9.62 Å². The van der Waals surface area contributed by atoms with Crippen LogP contribution in [-0.4, -0.2) is 53.9 Å². The third-order valence-corrected chi connectivity index (χ3v) is 5.29. The highest BCUT2D eigenvalue weighted by Crippen LogP contribution is 2.38. The van der Waals surface area contributed by atoms with Crippen molar-refractivity contribution in [1.29, 1.82) is 0 Å². The number of carbonyl (C=O) groups excluding carboxylic acids is 1. The summed E-state index contributed by atoms with van der Waals surface area (Å²) in [6, 6.07) is 7.97. The number of methoxy groups -OCH3 is 3. The van der Waals surface area contributed by atoms with Crippen LogP contribution < -0.4 is 18.9 Å². The van der Waals surface area contributed by atoms with Gasteiger partial charge in [-0.05, 0) is 35.4 Å². The van der Waals surface area contributed by atoms with E-state index in [0.29, 0.717) is 22.8 Å². The Kier molecular flexibility index (Phi) is 8.23. The lowest BCUT2D eigenvalue weighted by Crippen LogP contribution is -2.34. The summed E-state index contributed by atoms with van der Waals surface area (Å²) in [7, 11) is 2.51. The molecule has 0 spiro atoms. The SMILES string of the molecule is COc1cc(CN(C)C(=O)C[C@@H](NS(C)(=O)=O)c2ccc(F)cc2)cc(OC)c1OC. The Morgan fingerprint density at radius 3 is 2.06 bits per heavy atom. The summed E-state index contributed by atoms with van der Waals surface area (Å²) in [6.45, 7) is 0.227. The Bertz CT molecular complexity index is 986. The number of hydrogen-bond acceptors (Lipinski definition) is 6. The Morgan fingerprint density at radius 1 is 1.06 bits per heavy atom. The van der Waals surface area contributed by atoms with Crippen LogP contribution in [0.4, 0.5) is 4.39 Å². The maximum atomic E-state index is 13.3. The van der Waals surface area contributed by atoms with Crippen molar-refractivity contribution in [3.63, 3.8) is 0 Å². The van der Waals surface area contributed by atoms with Gasteiger partial charge in [-0.25, -0.2) is 17.5 Å². The molecule has 0 bridgehead atoms. The number of nitrogens with one attached hydrogen (secondary N) is 1. The normalized spacial score (nSPS) is 12.2. The van der Waals surface area contributed by atoms with Crippen LogP contribution in [0.15, 0.2) is 36.4 Å². The molecule has 31 heavy (non-hydrogen) atoms. The predicted molar refractivity (Wildman–Crippen MR) is 114 cm³/mol. The minimum Gasteiger partial charge on any atom is -0.493 e. The predicted octanol–water partition coefficient (Wildman–Crippen LogP) is 2.49. The van der Waals surface area contributed by atoms with E-state index < -0.39 is 21.9 Å². The summed E-state index contributed by atoms with van der Waals surface area (Å²) in [4.78, 5) is 14.3. The van der Waals surface area contributed by atoms with E-state index in [2.05, 4.69) is 4.72 Å². The number of amides is 1. The molecule has 0 fully saturated rings. The summed E-state index contributed by atoms with van der Waals surface area (Å²) < 4.78 is 55.2. The molecule has 0 saturated carbocycles. The highest BCUT2D eigenvalue weighted by molar-refractivity contribution is 7.88. The van der Waals surface area contributed by atoms with Crippen LogP contribution in [0.2, 0.25) is 0 Å². The van der Waals surface area contributed by atoms with E-state index in [0.717, 1.165) is 11.8 Å². The molecular formula is C21H27FN2O6S. The lowest BCUT2D eigenvalue weighted by Gasteiger charge is -2.23. The van der Waals surface area contributed by atoms with Crippen LogP contribution in [0.25, 0.3) is 0 Å². The minimum atomic E-state index is -3.60. The third kappa shape index (κ3) is 6.83. The summed E-state index contributed by atoms with van der Waals surface area (Å²) in [5.41, 5.74) is 1.22. The van der Waals surface area contributed by atoms with E-state index in [1.165, 1.54) is 50.5 Å². The molecule has 0 aliphatic carbocycles. The number of ether oxygens (including phenoxy) is 3. The average molecular weight is 455 g/mol. The molecule has 8 nitrogen and oxygen atoms in total. The van der Waals surface area contributed by atoms with Gasteiger partial charge in [-0.2, -0.15) is 0 Å². The zero-order valence-electron chi connectivity index (χ0n) is 18.1. The molecular weight excluding hydrogens is 427 g/mol. The van der Waals surface area contributed by atoms with Gasteiger partial charge in [-0.1, -0.05) is 12.1 Å². The second kappa shape index (κ2) is 10.5. The van der Waals surface area contributed by atoms with Crippen LogP contribution >= 0.6 is 0 Å². The molecule has 0 aromatic heterocycles. The van der Waals surface area contributed by atoms with Crippen molar-refractivity contribution in [3.05, 3.63) is 53.3 Å². The Balaban J connectivity index is 2.21. The minimum absolute atomic E-state index is 0.139. The van der Waals surface area contributed by atoms with Crippen molar-refractivity contribution >= 4 is 15.9 Å². The van der Waals surface area contributed by atoms with Gasteiger partial charge in [0.2, 0.25) is 21.7 Å². The molecule has 1 N–H and O–H groups in total. The molecule has 0 unspecified atom stereocenters. The van der Waals surface area contributed by atoms with E-state index in [9.17, 15) is 17.6 Å². The molecule has 1 atom stereocenters. The maximum Gasteiger partial charge on any atom is 0.224 e. The fourth-order valence-electron chi connectivity index (χ4n) is 3.10.